The van der Waals surface area contributed by atoms with E-state index in [4.69, 9.17) is 40.9 Å². The topological polar surface area (TPSA) is 275 Å². The molecular formula is C49H85N7O11. The predicted octanol–water partition coefficient (Wildman–Crippen LogP) is 3.35. The van der Waals surface area contributed by atoms with Gasteiger partial charge in [0.25, 0.3) is 0 Å². The second-order valence-corrected chi connectivity index (χ2v) is 20.6. The highest BCUT2D eigenvalue weighted by Crippen LogP contribution is 2.69. The molecule has 4 amide bonds. The molecule has 18 heteroatoms. The van der Waals surface area contributed by atoms with Crippen molar-refractivity contribution in [1.29, 1.82) is 0 Å². The van der Waals surface area contributed by atoms with Crippen LogP contribution in [0.4, 0.5) is 4.79 Å². The lowest BCUT2D eigenvalue weighted by molar-refractivity contribution is -0.225. The van der Waals surface area contributed by atoms with E-state index in [9.17, 15) is 28.8 Å². The van der Waals surface area contributed by atoms with Crippen LogP contribution < -0.4 is 38.5 Å². The lowest BCUT2D eigenvalue weighted by atomic mass is 9.43. The third kappa shape index (κ3) is 14.7. The molecule has 1 saturated heterocycles. The fourth-order valence-corrected chi connectivity index (χ4v) is 12.9. The number of amides is 4. The van der Waals surface area contributed by atoms with Gasteiger partial charge in [0, 0.05) is 62.9 Å². The number of nitrogens with one attached hydrogen (secondary N) is 4. The third-order valence-corrected chi connectivity index (χ3v) is 16.4. The lowest BCUT2D eigenvalue weighted by Crippen LogP contribution is -2.63. The van der Waals surface area contributed by atoms with Crippen LogP contribution in [-0.4, -0.2) is 125 Å². The predicted molar refractivity (Wildman–Crippen MR) is 251 cm³/mol. The van der Waals surface area contributed by atoms with Gasteiger partial charge in [-0.05, 0) is 106 Å². The number of carbonyl (C=O) groups excluding carboxylic acids is 6. The summed E-state index contributed by atoms with van der Waals surface area (Å²) in [7, 11) is 0. The highest BCUT2D eigenvalue weighted by Gasteiger charge is 2.67. The first-order valence-electron chi connectivity index (χ1n) is 25.6. The molecule has 10 N–H and O–H groups in total. The van der Waals surface area contributed by atoms with E-state index in [2.05, 4.69) is 42.0 Å². The van der Waals surface area contributed by atoms with Gasteiger partial charge in [-0.2, -0.15) is 0 Å². The fourth-order valence-electron chi connectivity index (χ4n) is 12.9. The molecule has 6 unspecified atom stereocenters. The minimum Gasteiger partial charge on any atom is -0.462 e. The summed E-state index contributed by atoms with van der Waals surface area (Å²) in [6.07, 6.45) is 9.92. The number of rotatable bonds is 28. The zero-order valence-electron chi connectivity index (χ0n) is 41.0. The van der Waals surface area contributed by atoms with E-state index in [1.54, 1.807) is 0 Å². The van der Waals surface area contributed by atoms with E-state index >= 15 is 0 Å². The number of carbonyl (C=O) groups is 6. The molecule has 1 aliphatic heterocycles. The Labute approximate surface area is 398 Å². The Kier molecular flexibility index (Phi) is 21.4. The summed E-state index contributed by atoms with van der Waals surface area (Å²) in [5, 5.41) is 11.6. The molecular weight excluding hydrogens is 863 g/mol. The molecule has 0 radical (unpaired) electrons. The molecule has 1 heterocycles. The summed E-state index contributed by atoms with van der Waals surface area (Å²) in [6.45, 7) is 11.7. The number of unbranched alkanes of at least 4 members (excludes halogenated alkanes) is 2. The van der Waals surface area contributed by atoms with Crippen molar-refractivity contribution in [2.75, 3.05) is 59.2 Å². The van der Waals surface area contributed by atoms with Crippen LogP contribution in [0.15, 0.2) is 0 Å². The number of hydrogen-bond donors (Lipinski definition) is 7. The Bertz CT molecular complexity index is 1640. The maximum absolute atomic E-state index is 13.3. The second-order valence-electron chi connectivity index (χ2n) is 20.6. The van der Waals surface area contributed by atoms with Crippen LogP contribution in [0.3, 0.4) is 0 Å². The highest BCUT2D eigenvalue weighted by molar-refractivity contribution is 5.77. The van der Waals surface area contributed by atoms with Crippen molar-refractivity contribution in [3.63, 3.8) is 0 Å². The van der Waals surface area contributed by atoms with Crippen molar-refractivity contribution in [1.82, 2.24) is 21.3 Å². The van der Waals surface area contributed by atoms with Crippen LogP contribution in [0.25, 0.3) is 0 Å². The molecule has 5 aliphatic rings. The maximum Gasteiger partial charge on any atom is 0.315 e. The molecule has 67 heavy (non-hydrogen) atoms. The van der Waals surface area contributed by atoms with Gasteiger partial charge < -0.3 is 62.2 Å². The summed E-state index contributed by atoms with van der Waals surface area (Å²) in [5.41, 5.74) is 16.7. The molecule has 0 aromatic rings. The van der Waals surface area contributed by atoms with Gasteiger partial charge in [-0.15, -0.1) is 0 Å². The van der Waals surface area contributed by atoms with Crippen molar-refractivity contribution >= 4 is 35.8 Å². The first-order chi connectivity index (χ1) is 32.1. The molecule has 18 nitrogen and oxygen atoms in total. The van der Waals surface area contributed by atoms with Gasteiger partial charge in [-0.25, -0.2) is 4.79 Å². The van der Waals surface area contributed by atoms with E-state index in [1.165, 1.54) is 0 Å². The number of urea groups is 1. The first kappa shape index (κ1) is 54.4. The standard InChI is InChI=1S/C49H85N7O11/c1-31(10-13-42(58)54-23-25-64-27-26-63-24-22-53-41(57)9-7-5-6-8-38-32(2)55-47(62)56-38)35-11-12-36-46-37(30-40(49(35,36)4)67-45(61)17-21-52)48(3)18-14-34(65-43(59)15-19-50)28-33(48)29-39(46)66-44(60)16-20-51/h31-40,46H,5-30,50-52H2,1-4H3,(H,53,57)(H,54,58)(H2,55,56,62)/t31-,32?,33?,34-,35?,36?,37?,38-,39-,40+,46?,48+,49-/m1/s1. The molecule has 0 aromatic carbocycles. The van der Waals surface area contributed by atoms with Gasteiger partial charge in [-0.1, -0.05) is 33.6 Å². The van der Waals surface area contributed by atoms with Crippen molar-refractivity contribution in [3.8, 4) is 0 Å². The number of hydrogen-bond acceptors (Lipinski definition) is 14. The Morgan fingerprint density at radius 3 is 1.97 bits per heavy atom. The normalized spacial score (nSPS) is 32.4. The average molecular weight is 948 g/mol. The number of fused-ring (bicyclic) bond motifs is 5. The molecule has 4 saturated carbocycles. The van der Waals surface area contributed by atoms with E-state index in [-0.39, 0.29) is 146 Å². The zero-order valence-corrected chi connectivity index (χ0v) is 41.0. The smallest absolute Gasteiger partial charge is 0.315 e. The molecule has 0 spiro atoms. The van der Waals surface area contributed by atoms with Crippen LogP contribution in [0.5, 0.6) is 0 Å². The number of esters is 3. The zero-order chi connectivity index (χ0) is 48.6. The van der Waals surface area contributed by atoms with Crippen LogP contribution in [0, 0.1) is 46.3 Å². The summed E-state index contributed by atoms with van der Waals surface area (Å²) in [5.74, 6) is -0.241. The van der Waals surface area contributed by atoms with Gasteiger partial charge in [-0.3, -0.25) is 24.0 Å². The molecule has 382 valence electrons. The Morgan fingerprint density at radius 1 is 0.716 bits per heavy atom. The minimum atomic E-state index is -0.422. The van der Waals surface area contributed by atoms with E-state index in [1.807, 2.05) is 6.92 Å². The van der Waals surface area contributed by atoms with Crippen molar-refractivity contribution in [2.45, 2.75) is 167 Å². The van der Waals surface area contributed by atoms with Gasteiger partial charge in [0.15, 0.2) is 0 Å². The van der Waals surface area contributed by atoms with Gasteiger partial charge in [0.1, 0.15) is 18.3 Å². The first-order valence-corrected chi connectivity index (χ1v) is 25.6. The number of ether oxygens (including phenoxy) is 5. The molecule has 13 atom stereocenters. The van der Waals surface area contributed by atoms with Crippen LogP contribution in [0.1, 0.15) is 137 Å². The van der Waals surface area contributed by atoms with Crippen LogP contribution in [0.2, 0.25) is 0 Å². The van der Waals surface area contributed by atoms with E-state index < -0.39 is 5.41 Å². The summed E-state index contributed by atoms with van der Waals surface area (Å²) < 4.78 is 30.0. The van der Waals surface area contributed by atoms with Crippen LogP contribution in [-0.2, 0) is 47.7 Å². The summed E-state index contributed by atoms with van der Waals surface area (Å²) in [4.78, 5) is 75.7. The van der Waals surface area contributed by atoms with Crippen molar-refractivity contribution in [2.24, 2.45) is 63.5 Å². The highest BCUT2D eigenvalue weighted by atomic mass is 16.6. The summed E-state index contributed by atoms with van der Waals surface area (Å²) in [6, 6.07) is 0.167. The maximum atomic E-state index is 13.3. The average Bonchev–Trinajstić information content (AvgIpc) is 3.81. The molecule has 0 bridgehead atoms. The van der Waals surface area contributed by atoms with Crippen molar-refractivity contribution in [3.05, 3.63) is 0 Å². The van der Waals surface area contributed by atoms with Gasteiger partial charge in [0.05, 0.1) is 51.7 Å². The van der Waals surface area contributed by atoms with E-state index in [0.717, 1.165) is 51.4 Å². The Morgan fingerprint density at radius 2 is 1.34 bits per heavy atom. The SMILES string of the molecule is CC1NC(=O)N[C@@H]1CCCCCC(=O)NCCOCCOCCNC(=O)CC[C@@H](C)C1CCC2C3C(C[C@H](OC(=O)CCN)[C@@]21C)[C@@]1(C)CC[C@@H](OC(=O)CCN)CC1C[C@H]3OC(=O)CCN. The third-order valence-electron chi connectivity index (χ3n) is 16.4. The Balaban J connectivity index is 1.06. The molecule has 5 fully saturated rings. The monoisotopic (exact) mass is 948 g/mol. The number of nitrogens with two attached hydrogens (primary N) is 3. The lowest BCUT2D eigenvalue weighted by Gasteiger charge is -2.64. The molecule has 5 rings (SSSR count). The van der Waals surface area contributed by atoms with Gasteiger partial charge in [0.2, 0.25) is 11.8 Å². The quantitative estimate of drug-likeness (QED) is 0.0337. The van der Waals surface area contributed by atoms with E-state index in [0.29, 0.717) is 78.0 Å². The Hall–Kier alpha value is -3.58. The van der Waals surface area contributed by atoms with Crippen molar-refractivity contribution < 1.29 is 52.5 Å². The minimum absolute atomic E-state index is 0.000414. The largest absolute Gasteiger partial charge is 0.462 e. The van der Waals surface area contributed by atoms with Gasteiger partial charge >= 0.3 is 23.9 Å². The second kappa shape index (κ2) is 26.4. The molecule has 0 aromatic heterocycles. The fraction of sp³-hybridized carbons (Fsp3) is 0.878. The van der Waals surface area contributed by atoms with Crippen LogP contribution >= 0.6 is 0 Å². The summed E-state index contributed by atoms with van der Waals surface area (Å²) >= 11 is 0. The molecule has 4 aliphatic carbocycles.